The summed E-state index contributed by atoms with van der Waals surface area (Å²) >= 11 is 0. The van der Waals surface area contributed by atoms with Gasteiger partial charge in [-0.1, -0.05) is 37.5 Å². The fourth-order valence-electron chi connectivity index (χ4n) is 5.58. The van der Waals surface area contributed by atoms with E-state index in [0.717, 1.165) is 36.1 Å². The molecular weight excluding hydrogens is 572 g/mol. The monoisotopic (exact) mass is 615 g/mol. The maximum Gasteiger partial charge on any atom is 0.358 e. The highest BCUT2D eigenvalue weighted by atomic mass is 16.7. The van der Waals surface area contributed by atoms with Gasteiger partial charge < -0.3 is 34.3 Å². The molecule has 2 amide bonds. The minimum absolute atomic E-state index is 0.00128. The Labute approximate surface area is 257 Å². The van der Waals surface area contributed by atoms with Crippen LogP contribution in [0.25, 0.3) is 0 Å². The van der Waals surface area contributed by atoms with Crippen LogP contribution in [-0.2, 0) is 37.0 Å². The zero-order valence-corrected chi connectivity index (χ0v) is 25.9. The minimum Gasteiger partial charge on any atom is -0.851 e. The Bertz CT molecular complexity index is 1290. The van der Waals surface area contributed by atoms with Crippen LogP contribution in [0, 0.1) is 5.92 Å². The summed E-state index contributed by atoms with van der Waals surface area (Å²) in [6.45, 7) is 6.40. The second kappa shape index (κ2) is 14.5. The van der Waals surface area contributed by atoms with Gasteiger partial charge in [-0.25, -0.2) is 4.79 Å². The summed E-state index contributed by atoms with van der Waals surface area (Å²) in [5.74, 6) is -3.41. The van der Waals surface area contributed by atoms with Gasteiger partial charge >= 0.3 is 5.97 Å². The average molecular weight is 616 g/mol. The standard InChI is InChI=1S/C30H43N6O8/c1-5-6-14-36(3,4)18-21-17-34(32-31-21)12-11-33(13-15-43-19-27(40)44-35-25(38)9-10-26(35)39)22-7-8-23(24(37)16-22)28-29(41)20(2)30(28)42/h7-8,16-17,20,28-30,37H,5-6,9-15,18-19H2,1-4H3/q-1. The summed E-state index contributed by atoms with van der Waals surface area (Å²) < 4.78 is 8.03. The summed E-state index contributed by atoms with van der Waals surface area (Å²) in [6.07, 6.45) is 2.05. The molecule has 2 aromatic rings. The number of hydroxylamine groups is 2. The fraction of sp³-hybridized carbons (Fsp3) is 0.633. The first-order valence-electron chi connectivity index (χ1n) is 15.1. The van der Waals surface area contributed by atoms with Crippen molar-refractivity contribution in [2.75, 3.05) is 51.8 Å². The van der Waals surface area contributed by atoms with E-state index in [1.807, 2.05) is 11.1 Å². The number of carbonyl (C=O) groups excluding carboxylic acids is 3. The van der Waals surface area contributed by atoms with Gasteiger partial charge in [0.05, 0.1) is 40.0 Å². The first kappa shape index (κ1) is 33.3. The van der Waals surface area contributed by atoms with Gasteiger partial charge in [-0.2, -0.15) is 0 Å². The molecule has 14 heteroatoms. The van der Waals surface area contributed by atoms with Crippen LogP contribution < -0.4 is 15.1 Å². The molecule has 2 aliphatic rings. The van der Waals surface area contributed by atoms with Crippen LogP contribution in [0.1, 0.15) is 56.7 Å². The van der Waals surface area contributed by atoms with Crippen LogP contribution in [0.15, 0.2) is 24.4 Å². The van der Waals surface area contributed by atoms with Gasteiger partial charge in [-0.15, -0.1) is 22.4 Å². The third-order valence-corrected chi connectivity index (χ3v) is 8.30. The third-order valence-electron chi connectivity index (χ3n) is 8.30. The van der Waals surface area contributed by atoms with E-state index in [1.165, 1.54) is 6.07 Å². The number of ether oxygens (including phenoxy) is 1. The molecule has 0 bridgehead atoms. The highest BCUT2D eigenvalue weighted by Gasteiger charge is 2.36. The van der Waals surface area contributed by atoms with Crippen LogP contribution in [0.4, 0.5) is 5.69 Å². The molecule has 44 heavy (non-hydrogen) atoms. The molecule has 0 spiro atoms. The first-order chi connectivity index (χ1) is 20.9. The van der Waals surface area contributed by atoms with Gasteiger partial charge in [0.15, 0.2) is 0 Å². The number of carbonyl (C=O) groups is 3. The second-order valence-electron chi connectivity index (χ2n) is 12.3. The number of nitrogens with zero attached hydrogens (tertiary/aromatic N) is 6. The van der Waals surface area contributed by atoms with Crippen molar-refractivity contribution in [2.45, 2.75) is 70.7 Å². The lowest BCUT2D eigenvalue weighted by atomic mass is 9.66. The van der Waals surface area contributed by atoms with Crippen molar-refractivity contribution in [2.24, 2.45) is 5.92 Å². The molecule has 2 unspecified atom stereocenters. The summed E-state index contributed by atoms with van der Waals surface area (Å²) in [7, 11) is 4.33. The number of aromatic hydroxyl groups is 1. The Hall–Kier alpha value is -3.59. The molecule has 1 aliphatic carbocycles. The third kappa shape index (κ3) is 8.11. The molecule has 2 atom stereocenters. The molecular formula is C30H43N6O8-. The smallest absolute Gasteiger partial charge is 0.358 e. The zero-order chi connectivity index (χ0) is 32.0. The maximum atomic E-state index is 12.4. The predicted molar refractivity (Wildman–Crippen MR) is 153 cm³/mol. The lowest BCUT2D eigenvalue weighted by molar-refractivity contribution is -0.904. The molecule has 0 radical (unpaired) electrons. The van der Waals surface area contributed by atoms with E-state index in [2.05, 4.69) is 31.3 Å². The number of aromatic nitrogens is 3. The Balaban J connectivity index is 1.39. The number of quaternary nitrogens is 1. The number of amides is 2. The van der Waals surface area contributed by atoms with Gasteiger partial charge in [0, 0.05) is 37.7 Å². The van der Waals surface area contributed by atoms with Gasteiger partial charge in [0.2, 0.25) is 0 Å². The van der Waals surface area contributed by atoms with E-state index in [4.69, 9.17) is 9.57 Å². The molecule has 2 fully saturated rings. The van der Waals surface area contributed by atoms with Crippen molar-refractivity contribution < 1.29 is 43.8 Å². The van der Waals surface area contributed by atoms with E-state index in [0.29, 0.717) is 35.9 Å². The second-order valence-corrected chi connectivity index (χ2v) is 12.3. The van der Waals surface area contributed by atoms with Crippen molar-refractivity contribution in [3.63, 3.8) is 0 Å². The number of hydrogen-bond donors (Lipinski definition) is 1. The average Bonchev–Trinajstić information content (AvgIpc) is 3.56. The van der Waals surface area contributed by atoms with Gasteiger partial charge in [0.25, 0.3) is 11.8 Å². The van der Waals surface area contributed by atoms with Crippen LogP contribution >= 0.6 is 0 Å². The van der Waals surface area contributed by atoms with Crippen molar-refractivity contribution >= 4 is 23.5 Å². The van der Waals surface area contributed by atoms with Crippen molar-refractivity contribution in [1.82, 2.24) is 20.1 Å². The molecule has 242 valence electrons. The normalized spacial score (nSPS) is 21.9. The summed E-state index contributed by atoms with van der Waals surface area (Å²) in [4.78, 5) is 42.2. The molecule has 2 heterocycles. The van der Waals surface area contributed by atoms with E-state index in [-0.39, 0.29) is 25.2 Å². The van der Waals surface area contributed by atoms with Crippen LogP contribution in [-0.4, -0.2) is 107 Å². The highest BCUT2D eigenvalue weighted by Crippen LogP contribution is 2.43. The van der Waals surface area contributed by atoms with Crippen molar-refractivity contribution in [3.05, 3.63) is 35.7 Å². The molecule has 4 rings (SSSR count). The number of imide groups is 1. The molecule has 1 saturated carbocycles. The number of hydrogen-bond acceptors (Lipinski definition) is 11. The number of phenolic OH excluding ortho intramolecular Hbond substituents is 1. The Morgan fingerprint density at radius 2 is 1.86 bits per heavy atom. The van der Waals surface area contributed by atoms with E-state index in [9.17, 15) is 29.7 Å². The molecule has 1 aromatic heterocycles. The number of unbranched alkanes of at least 4 members (excludes halogenated alkanes) is 1. The Kier molecular flexibility index (Phi) is 10.9. The van der Waals surface area contributed by atoms with Gasteiger partial charge in [-0.05, 0) is 24.0 Å². The number of anilines is 1. The lowest BCUT2D eigenvalue weighted by Gasteiger charge is -2.60. The quantitative estimate of drug-likeness (QED) is 0.149. The molecule has 1 aliphatic heterocycles. The topological polar surface area (TPSA) is 173 Å². The van der Waals surface area contributed by atoms with E-state index >= 15 is 0 Å². The Morgan fingerprint density at radius 1 is 1.16 bits per heavy atom. The highest BCUT2D eigenvalue weighted by molar-refractivity contribution is 6.01. The van der Waals surface area contributed by atoms with E-state index in [1.54, 1.807) is 23.7 Å². The molecule has 1 N–H and O–H groups in total. The SMILES string of the molecule is CCCC[N+](C)(C)Cc1cn(CCN(CCOCC(=O)ON2C(=O)CCC2=O)c2ccc(C3C([O-])C(C)C3[O-])c(O)c2)nn1. The van der Waals surface area contributed by atoms with Gasteiger partial charge in [-0.3, -0.25) is 14.3 Å². The number of rotatable bonds is 16. The molecule has 1 saturated heterocycles. The van der Waals surface area contributed by atoms with Gasteiger partial charge in [0.1, 0.15) is 24.6 Å². The van der Waals surface area contributed by atoms with Crippen molar-refractivity contribution in [3.8, 4) is 5.75 Å². The summed E-state index contributed by atoms with van der Waals surface area (Å²) in [6, 6.07) is 4.89. The minimum atomic E-state index is -1.06. The first-order valence-corrected chi connectivity index (χ1v) is 15.1. The lowest BCUT2D eigenvalue weighted by Crippen LogP contribution is -2.64. The zero-order valence-electron chi connectivity index (χ0n) is 25.9. The van der Waals surface area contributed by atoms with Crippen molar-refractivity contribution in [1.29, 1.82) is 0 Å². The number of benzene rings is 1. The maximum absolute atomic E-state index is 12.4. The van der Waals surface area contributed by atoms with E-state index < -0.39 is 48.4 Å². The summed E-state index contributed by atoms with van der Waals surface area (Å²) in [5, 5.41) is 44.6. The van der Waals surface area contributed by atoms with Crippen LogP contribution in [0.5, 0.6) is 5.75 Å². The Morgan fingerprint density at radius 3 is 2.52 bits per heavy atom. The summed E-state index contributed by atoms with van der Waals surface area (Å²) in [5.41, 5.74) is 1.85. The predicted octanol–water partition coefficient (Wildman–Crippen LogP) is -0.318. The fourth-order valence-corrected chi connectivity index (χ4v) is 5.58. The number of phenols is 1. The van der Waals surface area contributed by atoms with Crippen LogP contribution in [0.2, 0.25) is 0 Å². The molecule has 1 aromatic carbocycles. The van der Waals surface area contributed by atoms with Crippen LogP contribution in [0.3, 0.4) is 0 Å². The molecule has 14 nitrogen and oxygen atoms in total. The largest absolute Gasteiger partial charge is 0.851 e.